The number of aliphatic hydroxyl groups is 1. The van der Waals surface area contributed by atoms with Crippen LogP contribution in [0.4, 0.5) is 0 Å². The molecule has 1 aliphatic rings. The molecule has 0 saturated heterocycles. The van der Waals surface area contributed by atoms with Crippen molar-refractivity contribution < 1.29 is 15.0 Å². The predicted molar refractivity (Wildman–Crippen MR) is 69.8 cm³/mol. The first-order valence-electron chi connectivity index (χ1n) is 5.53. The number of carbonyl (C=O) groups is 1. The monoisotopic (exact) mass is 289 g/mol. The minimum Gasteiger partial charge on any atom is -0.481 e. The van der Waals surface area contributed by atoms with Gasteiger partial charge in [-0.3, -0.25) is 4.79 Å². The molecule has 1 fully saturated rings. The van der Waals surface area contributed by atoms with Gasteiger partial charge in [0, 0.05) is 11.3 Å². The molecule has 1 aromatic heterocycles. The number of aliphatic hydroxyl groups excluding tert-OH is 1. The maximum Gasteiger partial charge on any atom is 0.313 e. The number of aliphatic carboxylic acids is 1. The average Bonchev–Trinajstić information content (AvgIpc) is 3.02. The summed E-state index contributed by atoms with van der Waals surface area (Å²) in [7, 11) is 0. The van der Waals surface area contributed by atoms with Crippen LogP contribution in [0.1, 0.15) is 18.7 Å². The number of hydrogen-bond donors (Lipinski definition) is 2. The van der Waals surface area contributed by atoms with Gasteiger partial charge in [-0.05, 0) is 19.1 Å². The number of carboxylic acids is 1. The Hall–Kier alpha value is -0.730. The lowest BCUT2D eigenvalue weighted by molar-refractivity contribution is -0.133. The van der Waals surface area contributed by atoms with Crippen molar-refractivity contribution in [2.75, 3.05) is 12.0 Å². The van der Waals surface area contributed by atoms with E-state index < -0.39 is 5.97 Å². The zero-order valence-corrected chi connectivity index (χ0v) is 11.6. The summed E-state index contributed by atoms with van der Waals surface area (Å²) in [4.78, 5) is 10.6. The summed E-state index contributed by atoms with van der Waals surface area (Å²) < 4.78 is 2.06. The predicted octanol–water partition coefficient (Wildman–Crippen LogP) is 0.843. The van der Waals surface area contributed by atoms with E-state index >= 15 is 0 Å². The van der Waals surface area contributed by atoms with Gasteiger partial charge in [0.05, 0.1) is 5.75 Å². The Morgan fingerprint density at radius 2 is 2.22 bits per heavy atom. The second-order valence-corrected chi connectivity index (χ2v) is 6.43. The molecule has 0 aromatic carbocycles. The van der Waals surface area contributed by atoms with E-state index in [4.69, 9.17) is 5.11 Å². The molecule has 1 saturated carbocycles. The van der Waals surface area contributed by atoms with E-state index in [0.717, 1.165) is 31.1 Å². The molecule has 0 radical (unpaired) electrons. The first-order valence-corrected chi connectivity index (χ1v) is 7.74. The van der Waals surface area contributed by atoms with Gasteiger partial charge in [0.2, 0.25) is 0 Å². The lowest BCUT2D eigenvalue weighted by Crippen LogP contribution is -2.17. The van der Waals surface area contributed by atoms with Gasteiger partial charge in [0.25, 0.3) is 0 Å². The van der Waals surface area contributed by atoms with Gasteiger partial charge in [-0.25, -0.2) is 0 Å². The molecule has 1 aromatic rings. The number of rotatable bonds is 7. The largest absolute Gasteiger partial charge is 0.481 e. The highest BCUT2D eigenvalue weighted by Crippen LogP contribution is 2.49. The van der Waals surface area contributed by atoms with Crippen molar-refractivity contribution in [1.29, 1.82) is 0 Å². The number of carboxylic acid groups (broad SMARTS) is 1. The van der Waals surface area contributed by atoms with E-state index in [1.54, 1.807) is 11.8 Å². The molecule has 0 unspecified atom stereocenters. The molecular formula is C10H15N3O3S2. The lowest BCUT2D eigenvalue weighted by atomic mass is 10.4. The molecule has 0 amide bonds. The van der Waals surface area contributed by atoms with Crippen LogP contribution < -0.4 is 0 Å². The standard InChI is InChI=1S/C10H15N3O3S2/c1-17-10(2-3-10)6-13-7(4-14)11-12-9(13)18-5-8(15)16/h14H,2-6H2,1H3,(H,15,16). The zero-order chi connectivity index (χ0) is 13.2. The first-order chi connectivity index (χ1) is 8.60. The maximum atomic E-state index is 10.6. The average molecular weight is 289 g/mol. The summed E-state index contributed by atoms with van der Waals surface area (Å²) in [6.07, 6.45) is 4.35. The number of nitrogens with zero attached hydrogens (tertiary/aromatic N) is 3. The zero-order valence-electron chi connectivity index (χ0n) is 10.00. The van der Waals surface area contributed by atoms with Gasteiger partial charge >= 0.3 is 5.97 Å². The molecule has 0 bridgehead atoms. The fraction of sp³-hybridized carbons (Fsp3) is 0.700. The van der Waals surface area contributed by atoms with Crippen LogP contribution in [0.15, 0.2) is 5.16 Å². The summed E-state index contributed by atoms with van der Waals surface area (Å²) in [6.45, 7) is 0.560. The molecule has 0 aliphatic heterocycles. The minimum absolute atomic E-state index is 0.0458. The van der Waals surface area contributed by atoms with Crippen molar-refractivity contribution >= 4 is 29.5 Å². The van der Waals surface area contributed by atoms with Gasteiger partial charge < -0.3 is 14.8 Å². The van der Waals surface area contributed by atoms with Gasteiger partial charge in [-0.15, -0.1) is 10.2 Å². The minimum atomic E-state index is -0.883. The molecule has 1 heterocycles. The molecule has 0 atom stereocenters. The van der Waals surface area contributed by atoms with Crippen LogP contribution in [0.2, 0.25) is 0 Å². The van der Waals surface area contributed by atoms with E-state index in [1.807, 2.05) is 4.57 Å². The number of hydrogen-bond acceptors (Lipinski definition) is 6. The summed E-state index contributed by atoms with van der Waals surface area (Å²) >= 11 is 2.94. The molecule has 0 spiro atoms. The molecule has 2 rings (SSSR count). The van der Waals surface area contributed by atoms with Crippen LogP contribution >= 0.6 is 23.5 Å². The van der Waals surface area contributed by atoms with Crippen LogP contribution in [0.25, 0.3) is 0 Å². The van der Waals surface area contributed by atoms with E-state index in [2.05, 4.69) is 16.5 Å². The van der Waals surface area contributed by atoms with Crippen molar-refractivity contribution in [2.24, 2.45) is 0 Å². The third-order valence-electron chi connectivity index (χ3n) is 2.95. The fourth-order valence-corrected chi connectivity index (χ4v) is 3.13. The third kappa shape index (κ3) is 2.99. The van der Waals surface area contributed by atoms with E-state index in [1.165, 1.54) is 0 Å². The Labute approximate surface area is 113 Å². The number of thioether (sulfide) groups is 2. The van der Waals surface area contributed by atoms with Crippen molar-refractivity contribution in [3.05, 3.63) is 5.82 Å². The molecule has 2 N–H and O–H groups in total. The Morgan fingerprint density at radius 3 is 2.72 bits per heavy atom. The van der Waals surface area contributed by atoms with Crippen LogP contribution in [-0.2, 0) is 17.9 Å². The van der Waals surface area contributed by atoms with Gasteiger partial charge in [-0.2, -0.15) is 11.8 Å². The van der Waals surface area contributed by atoms with E-state index in [0.29, 0.717) is 11.0 Å². The van der Waals surface area contributed by atoms with E-state index in [9.17, 15) is 9.90 Å². The first kappa shape index (κ1) is 13.7. The number of aromatic nitrogens is 3. The lowest BCUT2D eigenvalue weighted by Gasteiger charge is -2.15. The Morgan fingerprint density at radius 1 is 1.50 bits per heavy atom. The second-order valence-electron chi connectivity index (χ2n) is 4.21. The summed E-state index contributed by atoms with van der Waals surface area (Å²) in [5.41, 5.74) is 0. The van der Waals surface area contributed by atoms with Crippen molar-refractivity contribution in [2.45, 2.75) is 35.9 Å². The van der Waals surface area contributed by atoms with Gasteiger partial charge in [0.15, 0.2) is 11.0 Å². The van der Waals surface area contributed by atoms with Crippen LogP contribution in [0.5, 0.6) is 0 Å². The molecule has 18 heavy (non-hydrogen) atoms. The highest BCUT2D eigenvalue weighted by atomic mass is 32.2. The Bertz CT molecular complexity index is 446. The summed E-state index contributed by atoms with van der Waals surface area (Å²) in [6, 6.07) is 0. The smallest absolute Gasteiger partial charge is 0.313 e. The normalized spacial score (nSPS) is 16.8. The van der Waals surface area contributed by atoms with Crippen molar-refractivity contribution in [3.8, 4) is 0 Å². The van der Waals surface area contributed by atoms with Crippen molar-refractivity contribution in [3.63, 3.8) is 0 Å². The molecular weight excluding hydrogens is 274 g/mol. The fourth-order valence-electron chi connectivity index (χ4n) is 1.68. The van der Waals surface area contributed by atoms with Crippen LogP contribution in [0.3, 0.4) is 0 Å². The SMILES string of the molecule is CSC1(Cn2c(CO)nnc2SCC(=O)O)CC1. The molecule has 1 aliphatic carbocycles. The van der Waals surface area contributed by atoms with Crippen LogP contribution in [-0.4, -0.2) is 47.7 Å². The van der Waals surface area contributed by atoms with Gasteiger partial charge in [0.1, 0.15) is 6.61 Å². The highest BCUT2D eigenvalue weighted by Gasteiger charge is 2.43. The highest BCUT2D eigenvalue weighted by molar-refractivity contribution is 8.00. The molecule has 8 heteroatoms. The maximum absolute atomic E-state index is 10.6. The van der Waals surface area contributed by atoms with Crippen LogP contribution in [0, 0.1) is 0 Å². The molecule has 6 nitrogen and oxygen atoms in total. The second kappa shape index (κ2) is 5.50. The Kier molecular flexibility index (Phi) is 4.18. The molecule has 100 valence electrons. The van der Waals surface area contributed by atoms with Crippen molar-refractivity contribution in [1.82, 2.24) is 14.8 Å². The van der Waals surface area contributed by atoms with Gasteiger partial charge in [-0.1, -0.05) is 11.8 Å². The summed E-state index contributed by atoms with van der Waals surface area (Å²) in [5, 5.41) is 26.4. The third-order valence-corrected chi connectivity index (χ3v) is 5.30. The topological polar surface area (TPSA) is 88.2 Å². The summed E-state index contributed by atoms with van der Waals surface area (Å²) in [5.74, 6) is -0.426. The van der Waals surface area contributed by atoms with E-state index in [-0.39, 0.29) is 17.1 Å². The quantitative estimate of drug-likeness (QED) is 0.719. The Balaban J connectivity index is 2.14.